The first-order chi connectivity index (χ1) is 69.8. The summed E-state index contributed by atoms with van der Waals surface area (Å²) >= 11 is 0. The van der Waals surface area contributed by atoms with Gasteiger partial charge in [0.1, 0.15) is 71.5 Å². The summed E-state index contributed by atoms with van der Waals surface area (Å²) < 4.78 is 9.73. The number of H-pyrrole nitrogens is 2. The van der Waals surface area contributed by atoms with Crippen LogP contribution in [0.2, 0.25) is 0 Å². The average Bonchev–Trinajstić information content (AvgIpc) is 1.61. The highest BCUT2D eigenvalue weighted by Gasteiger charge is 2.56. The van der Waals surface area contributed by atoms with Crippen LogP contribution in [-0.4, -0.2) is 280 Å². The summed E-state index contributed by atoms with van der Waals surface area (Å²) in [5, 5.41) is 34.5. The predicted octanol–water partition coefficient (Wildman–Crippen LogP) is 6.96. The van der Waals surface area contributed by atoms with Crippen molar-refractivity contribution < 1.29 is 91.0 Å². The zero-order chi connectivity index (χ0) is 101. The number of amides is 17. The highest BCUT2D eigenvalue weighted by molar-refractivity contribution is 6.05. The van der Waals surface area contributed by atoms with Gasteiger partial charge in [0, 0.05) is 132 Å². The maximum atomic E-state index is 15.2. The van der Waals surface area contributed by atoms with Crippen LogP contribution in [0.3, 0.4) is 0 Å². The van der Waals surface area contributed by atoms with E-state index in [-0.39, 0.29) is 135 Å². The maximum absolute atomic E-state index is 15.2. The van der Waals surface area contributed by atoms with Crippen LogP contribution in [0.15, 0.2) is 122 Å². The lowest BCUT2D eigenvalue weighted by Gasteiger charge is -2.38. The van der Waals surface area contributed by atoms with Gasteiger partial charge in [0.25, 0.3) is 11.8 Å². The van der Waals surface area contributed by atoms with Crippen molar-refractivity contribution in [1.82, 2.24) is 93.1 Å². The number of rotatable bonds is 20. The van der Waals surface area contributed by atoms with Crippen LogP contribution >= 0.6 is 0 Å². The Morgan fingerprint density at radius 3 is 1.27 bits per heavy atom. The molecule has 38 nitrogen and oxygen atoms in total. The molecule has 4 saturated carbocycles. The Labute approximate surface area is 850 Å². The molecule has 6 aliphatic carbocycles. The van der Waals surface area contributed by atoms with E-state index in [2.05, 4.69) is 96.2 Å². The van der Waals surface area contributed by atoms with Crippen LogP contribution in [0.1, 0.15) is 228 Å². The molecule has 19 rings (SSSR count). The summed E-state index contributed by atoms with van der Waals surface area (Å²) in [4.78, 5) is 242. The average molecular weight is 2010 g/mol. The fourth-order valence-electron chi connectivity index (χ4n) is 24.2. The number of nitrogens with one attached hydrogen (secondary N) is 13. The van der Waals surface area contributed by atoms with Gasteiger partial charge in [0.15, 0.2) is 0 Å². The van der Waals surface area contributed by atoms with Crippen molar-refractivity contribution in [3.63, 3.8) is 0 Å². The minimum Gasteiger partial charge on any atom is -0.383 e. The Morgan fingerprint density at radius 2 is 0.822 bits per heavy atom. The summed E-state index contributed by atoms with van der Waals surface area (Å²) in [6.45, 7) is 1.82. The number of nitrogens with two attached hydrogens (primary N) is 1. The molecule has 13 aliphatic rings. The molecule has 38 heteroatoms. The molecule has 9 heterocycles. The number of ether oxygens (including phenoxy) is 2. The fraction of sp³-hybridized carbons (Fsp3) is 0.556. The molecule has 146 heavy (non-hydrogen) atoms. The Bertz CT molecular complexity index is 5880. The first-order valence-electron chi connectivity index (χ1n) is 51.7. The third-order valence-electron chi connectivity index (χ3n) is 31.6. The van der Waals surface area contributed by atoms with Gasteiger partial charge in [-0.1, -0.05) is 163 Å². The fourth-order valence-corrected chi connectivity index (χ4v) is 24.2. The second-order valence-electron chi connectivity index (χ2n) is 40.6. The van der Waals surface area contributed by atoms with Crippen LogP contribution in [0.5, 0.6) is 0 Å². The van der Waals surface area contributed by atoms with Gasteiger partial charge in [0.2, 0.25) is 70.9 Å². The number of para-hydroxylation sites is 2. The number of aromatic nitrogens is 2. The van der Waals surface area contributed by atoms with Gasteiger partial charge >= 0.3 is 12.1 Å². The molecule has 11 fully saturated rings. The van der Waals surface area contributed by atoms with Gasteiger partial charge in [-0.3, -0.25) is 67.1 Å². The minimum atomic E-state index is -1.41. The van der Waals surface area contributed by atoms with E-state index in [4.69, 9.17) is 10.5 Å². The van der Waals surface area contributed by atoms with E-state index in [1.54, 1.807) is 20.9 Å². The van der Waals surface area contributed by atoms with E-state index in [1.807, 2.05) is 97.2 Å². The van der Waals surface area contributed by atoms with Crippen molar-refractivity contribution in [2.75, 3.05) is 66.7 Å². The third kappa shape index (κ3) is 23.7. The molecule has 2 aromatic heterocycles. The molecule has 17 amide bonds. The zero-order valence-electron chi connectivity index (χ0n) is 82.0. The minimum absolute atomic E-state index is 0. The Kier molecular flexibility index (Phi) is 35.4. The molecule has 0 unspecified atom stereocenters. The molecule has 6 aromatic rings. The topological polar surface area (TPSA) is 507 Å². The van der Waals surface area contributed by atoms with Crippen LogP contribution in [0.25, 0.3) is 33.0 Å². The number of allylic oxidation sites excluding steroid dienone is 2. The predicted molar refractivity (Wildman–Crippen MR) is 544 cm³/mol. The number of imide groups is 1. The van der Waals surface area contributed by atoms with Crippen LogP contribution in [0.4, 0.5) is 9.59 Å². The lowest BCUT2D eigenvalue weighted by molar-refractivity contribution is -0.171. The number of urea groups is 1. The van der Waals surface area contributed by atoms with Crippen molar-refractivity contribution in [3.8, 4) is 0 Å². The summed E-state index contributed by atoms with van der Waals surface area (Å²) in [6, 6.07) is 20.3. The van der Waals surface area contributed by atoms with Crippen molar-refractivity contribution in [3.05, 3.63) is 155 Å². The summed E-state index contributed by atoms with van der Waals surface area (Å²) in [7, 11) is 3.01. The van der Waals surface area contributed by atoms with E-state index in [0.717, 1.165) is 118 Å². The van der Waals surface area contributed by atoms with Gasteiger partial charge in [-0.05, 0) is 191 Å². The molecule has 15 N–H and O–H groups in total. The largest absolute Gasteiger partial charge is 0.432 e. The van der Waals surface area contributed by atoms with Gasteiger partial charge in [-0.15, -0.1) is 5.06 Å². The molecule has 0 bridgehead atoms. The Hall–Kier alpha value is -13.4. The molecule has 2 spiro atoms. The van der Waals surface area contributed by atoms with Crippen molar-refractivity contribution in [2.45, 2.75) is 304 Å². The summed E-state index contributed by atoms with van der Waals surface area (Å²) in [5.74, 6) is -6.31. The number of hydrogen-bond acceptors (Lipinski definition) is 20. The quantitative estimate of drug-likeness (QED) is 0.0271. The second-order valence-corrected chi connectivity index (χ2v) is 40.6. The van der Waals surface area contributed by atoms with Crippen LogP contribution < -0.4 is 64.2 Å². The second kappa shape index (κ2) is 48.3. The number of hydroxylamine groups is 2. The highest BCUT2D eigenvalue weighted by Crippen LogP contribution is 2.45. The van der Waals surface area contributed by atoms with E-state index in [1.165, 1.54) is 19.1 Å². The van der Waals surface area contributed by atoms with Gasteiger partial charge < -0.3 is 108 Å². The van der Waals surface area contributed by atoms with Crippen molar-refractivity contribution in [2.24, 2.45) is 17.6 Å². The highest BCUT2D eigenvalue weighted by atomic mass is 16.7. The number of methoxy groups -OCH3 is 2. The number of fused-ring (bicyclic) bond motifs is 12. The molecule has 4 aromatic carbocycles. The molecule has 784 valence electrons. The summed E-state index contributed by atoms with van der Waals surface area (Å²) in [6.07, 6.45) is 22.9. The van der Waals surface area contributed by atoms with E-state index >= 15 is 9.59 Å². The van der Waals surface area contributed by atoms with Gasteiger partial charge in [-0.25, -0.2) is 9.59 Å². The van der Waals surface area contributed by atoms with Crippen LogP contribution in [0, 0.1) is 11.8 Å². The normalized spacial score (nSPS) is 26.8. The first kappa shape index (κ1) is 107. The molecule has 7 aliphatic heterocycles. The van der Waals surface area contributed by atoms with Gasteiger partial charge in [-0.2, -0.15) is 0 Å². The lowest BCUT2D eigenvalue weighted by Crippen LogP contribution is -2.65. The molecule has 14 atom stereocenters. The molecule has 7 saturated heterocycles. The lowest BCUT2D eigenvalue weighted by atomic mass is 9.84. The van der Waals surface area contributed by atoms with Crippen molar-refractivity contribution in [1.29, 1.82) is 0 Å². The SMILES string of the molecule is C.C.COCCNC(=O)NCC[C@@H]1NC(=O)[C@H](Cc2c[nH]c3ccccc23)NC(=O)C2(CCCC2)NC(=O)[C@H](CC2=CCc3ccccc32)NC(=O)[C@@H]2C[C@@H]3CCCC[C@@H]3N2C(=O)[C@H]2CCCN2C1=O.COCCNC(=O)ON1C(=O)CCC1=O.NCC[C@@H]1NC(=O)[C@H](Cc2c[nH]c3ccccc23)NC(=O)C2(CCCC2)NC(=O)[C@H](CC2=CCc3ccccc32)NC(=O)[C@@H]2C[C@@H]3CCCC[C@@H]3N2C(=O)[C@H]2CCCN2C1=O. The van der Waals surface area contributed by atoms with E-state index in [9.17, 15) is 67.1 Å². The first-order valence-corrected chi connectivity index (χ1v) is 51.7. The van der Waals surface area contributed by atoms with E-state index < -0.39 is 155 Å². The summed E-state index contributed by atoms with van der Waals surface area (Å²) in [5.41, 5.74) is 12.7. The zero-order valence-corrected chi connectivity index (χ0v) is 82.0. The number of nitrogens with zero attached hydrogens (tertiary/aromatic N) is 5. The number of carbonyl (C=O) groups excluding carboxylic acids is 16. The maximum Gasteiger partial charge on any atom is 0.432 e. The standard InChI is InChI=1S/C51H65N9O8.C47H58N8O6.C8H12N2O5.2CH4/c1-68-26-24-53-50(67)52-23-20-38-47(64)59-25-10-17-42(59)48(65)60-41-16-7-3-12-33(41)29-43(60)46(63)56-40(27-32-19-18-31-11-2-4-13-35(31)32)45(62)58-51(21-8-9-22-51)49(66)57-39(44(61)55-38)28-34-30-54-37-15-6-5-14-36(34)37;48-22-19-35-44(59)54-23-9-16-39(54)45(60)55-38-15-6-2-11-30(38)26-40(55)43(58)51-37(24-29-18-17-28-10-1-3-12-32(28)29)42(57)53-47(20-7-8-21-47)46(61)52-36(41(56)50-35)25-31-27-49-34-14-5-4-13-33(31)34;1-14-5-4-9-8(13)15-10-6(11)2-3-7(10)12;;/h2,4-6,11,13-15,19,30,33,38-43,54H,3,7-10,12,16-18,20-29H2,1H3,(H,55,61)(H,56,63)(H,57,66)(H,58,62)(H2,52,53,67);1,3-5,10,12-14,18,27,30,35-40,49H,2,6-9,11,15-17,19-26,48H2,(H,50,56)(H,51,58)(H,52,61)(H,53,57);2-5H2,1H3,(H,9,13);2*1H4/t33-,38-,39-,40-,41-,42+,43-;30-,35-,36-,37-,38-,39+,40-;;;/m00.../s1. The smallest absolute Gasteiger partial charge is 0.383 e. The van der Waals surface area contributed by atoms with Gasteiger partial charge in [0.05, 0.1) is 13.2 Å². The monoisotopic (exact) mass is 2010 g/mol. The number of carbonyl (C=O) groups is 16. The van der Waals surface area contributed by atoms with Crippen LogP contribution in [-0.2, 0) is 107 Å². The molecular weight excluding hydrogens is 1870 g/mol. The van der Waals surface area contributed by atoms with E-state index in [0.29, 0.717) is 128 Å². The molecular formula is C108H143N19O19. The number of hydrogen-bond donors (Lipinski definition) is 14. The number of benzene rings is 4. The molecule has 0 radical (unpaired) electrons. The Balaban J connectivity index is 0.000000190. The Morgan fingerprint density at radius 1 is 0.418 bits per heavy atom. The van der Waals surface area contributed by atoms with Crippen molar-refractivity contribution >= 4 is 128 Å². The third-order valence-corrected chi connectivity index (χ3v) is 31.6. The number of aromatic amines is 2.